The molecule has 0 fully saturated rings. The van der Waals surface area contributed by atoms with Gasteiger partial charge in [-0.2, -0.15) is 0 Å². The predicted octanol–water partition coefficient (Wildman–Crippen LogP) is 2.30. The maximum atomic E-state index is 12.3. The van der Waals surface area contributed by atoms with Crippen molar-refractivity contribution in [2.75, 3.05) is 0 Å². The van der Waals surface area contributed by atoms with Crippen LogP contribution in [0.3, 0.4) is 0 Å². The van der Waals surface area contributed by atoms with Crippen molar-refractivity contribution in [3.8, 4) is 11.8 Å². The highest BCUT2D eigenvalue weighted by Crippen LogP contribution is 2.22. The summed E-state index contributed by atoms with van der Waals surface area (Å²) in [6.45, 7) is 1.79. The van der Waals surface area contributed by atoms with Crippen molar-refractivity contribution in [3.63, 3.8) is 0 Å². The highest BCUT2D eigenvalue weighted by atomic mass is 16.5. The molecule has 2 heterocycles. The second kappa shape index (κ2) is 5.24. The lowest BCUT2D eigenvalue weighted by atomic mass is 10.1. The van der Waals surface area contributed by atoms with Gasteiger partial charge in [-0.25, -0.2) is 4.98 Å². The van der Waals surface area contributed by atoms with Crippen molar-refractivity contribution in [1.82, 2.24) is 14.7 Å². The molecule has 0 aliphatic rings. The molecule has 0 spiro atoms. The molecular weight excluding hydrogens is 270 g/mol. The number of carbonyl (C=O) groups excluding carboxylic acids is 1. The number of ketones is 1. The molecule has 106 valence electrons. The highest BCUT2D eigenvalue weighted by Gasteiger charge is 2.18. The zero-order valence-electron chi connectivity index (χ0n) is 11.4. The van der Waals surface area contributed by atoms with E-state index in [2.05, 4.69) is 10.1 Å². The molecule has 0 radical (unpaired) electrons. The maximum Gasteiger partial charge on any atom is 0.237 e. The molecule has 1 aromatic carbocycles. The fourth-order valence-electron chi connectivity index (χ4n) is 2.06. The van der Waals surface area contributed by atoms with Gasteiger partial charge in [0.05, 0.1) is 17.8 Å². The van der Waals surface area contributed by atoms with Crippen molar-refractivity contribution < 1.29 is 14.4 Å². The summed E-state index contributed by atoms with van der Waals surface area (Å²) >= 11 is 0. The van der Waals surface area contributed by atoms with E-state index < -0.39 is 0 Å². The minimum absolute atomic E-state index is 0.0234. The van der Waals surface area contributed by atoms with Gasteiger partial charge in [-0.3, -0.25) is 9.36 Å². The van der Waals surface area contributed by atoms with Crippen LogP contribution in [0.15, 0.2) is 47.2 Å². The summed E-state index contributed by atoms with van der Waals surface area (Å²) < 4.78 is 6.67. The van der Waals surface area contributed by atoms with E-state index in [1.165, 1.54) is 10.9 Å². The SMILES string of the molecule is Cc1cc(-n2cnc(O)c2CC(=O)c2ccccc2)on1. The Morgan fingerprint density at radius 3 is 2.76 bits per heavy atom. The van der Waals surface area contributed by atoms with Gasteiger partial charge < -0.3 is 9.63 Å². The summed E-state index contributed by atoms with van der Waals surface area (Å²) in [4.78, 5) is 16.1. The second-order valence-electron chi connectivity index (χ2n) is 4.66. The Labute approximate surface area is 120 Å². The van der Waals surface area contributed by atoms with Crippen LogP contribution in [-0.2, 0) is 6.42 Å². The van der Waals surface area contributed by atoms with Crippen LogP contribution >= 0.6 is 0 Å². The van der Waals surface area contributed by atoms with Crippen LogP contribution in [0.5, 0.6) is 5.88 Å². The topological polar surface area (TPSA) is 81.1 Å². The van der Waals surface area contributed by atoms with Crippen LogP contribution in [-0.4, -0.2) is 25.6 Å². The van der Waals surface area contributed by atoms with E-state index in [1.54, 1.807) is 37.3 Å². The first kappa shape index (κ1) is 13.1. The summed E-state index contributed by atoms with van der Waals surface area (Å²) in [5.74, 6) is 0.119. The molecular formula is C15H13N3O3. The largest absolute Gasteiger partial charge is 0.492 e. The molecule has 0 saturated carbocycles. The van der Waals surface area contributed by atoms with Gasteiger partial charge in [0.25, 0.3) is 0 Å². The molecule has 0 unspecified atom stereocenters. The van der Waals surface area contributed by atoms with Crippen LogP contribution in [0.4, 0.5) is 0 Å². The summed E-state index contributed by atoms with van der Waals surface area (Å²) in [5, 5.41) is 13.6. The number of aromatic nitrogens is 3. The molecule has 21 heavy (non-hydrogen) atoms. The van der Waals surface area contributed by atoms with Crippen molar-refractivity contribution in [1.29, 1.82) is 0 Å². The average Bonchev–Trinajstić information content (AvgIpc) is 3.07. The Morgan fingerprint density at radius 2 is 2.10 bits per heavy atom. The van der Waals surface area contributed by atoms with Gasteiger partial charge in [-0.05, 0) is 6.92 Å². The molecule has 0 atom stereocenters. The smallest absolute Gasteiger partial charge is 0.237 e. The molecule has 0 aliphatic heterocycles. The number of aromatic hydroxyl groups is 1. The van der Waals surface area contributed by atoms with E-state index in [0.29, 0.717) is 22.8 Å². The Bertz CT molecular complexity index is 775. The zero-order chi connectivity index (χ0) is 14.8. The number of Topliss-reactive ketones (excluding diaryl/α,β-unsaturated/α-hetero) is 1. The van der Waals surface area contributed by atoms with Gasteiger partial charge in [0, 0.05) is 11.6 Å². The van der Waals surface area contributed by atoms with E-state index in [9.17, 15) is 9.90 Å². The average molecular weight is 283 g/mol. The molecule has 3 rings (SSSR count). The predicted molar refractivity (Wildman–Crippen MR) is 74.5 cm³/mol. The normalized spacial score (nSPS) is 10.7. The summed E-state index contributed by atoms with van der Waals surface area (Å²) in [6.07, 6.45) is 1.43. The molecule has 2 aromatic heterocycles. The van der Waals surface area contributed by atoms with Crippen LogP contribution in [0.25, 0.3) is 5.88 Å². The van der Waals surface area contributed by atoms with Gasteiger partial charge in [-0.1, -0.05) is 35.5 Å². The first-order valence-electron chi connectivity index (χ1n) is 6.42. The van der Waals surface area contributed by atoms with E-state index in [0.717, 1.165) is 0 Å². The van der Waals surface area contributed by atoms with Crippen molar-refractivity contribution >= 4 is 5.78 Å². The molecule has 0 amide bonds. The fraction of sp³-hybridized carbons (Fsp3) is 0.133. The van der Waals surface area contributed by atoms with Crippen LogP contribution in [0.1, 0.15) is 21.7 Å². The van der Waals surface area contributed by atoms with E-state index in [1.807, 2.05) is 6.07 Å². The molecule has 6 nitrogen and oxygen atoms in total. The third kappa shape index (κ3) is 2.55. The first-order valence-corrected chi connectivity index (χ1v) is 6.42. The monoisotopic (exact) mass is 283 g/mol. The summed E-state index contributed by atoms with van der Waals surface area (Å²) in [5.41, 5.74) is 1.66. The minimum atomic E-state index is -0.187. The van der Waals surface area contributed by atoms with E-state index in [4.69, 9.17) is 4.52 Å². The Balaban J connectivity index is 1.93. The van der Waals surface area contributed by atoms with Crippen molar-refractivity contribution in [2.24, 2.45) is 0 Å². The van der Waals surface area contributed by atoms with Gasteiger partial charge in [0.1, 0.15) is 6.33 Å². The fourth-order valence-corrected chi connectivity index (χ4v) is 2.06. The Hall–Kier alpha value is -2.89. The first-order chi connectivity index (χ1) is 10.1. The second-order valence-corrected chi connectivity index (χ2v) is 4.66. The molecule has 6 heteroatoms. The Morgan fingerprint density at radius 1 is 1.33 bits per heavy atom. The number of hydrogen-bond acceptors (Lipinski definition) is 5. The van der Waals surface area contributed by atoms with Gasteiger partial charge in [0.2, 0.25) is 11.8 Å². The van der Waals surface area contributed by atoms with Crippen LogP contribution in [0.2, 0.25) is 0 Å². The van der Waals surface area contributed by atoms with Gasteiger partial charge >= 0.3 is 0 Å². The van der Waals surface area contributed by atoms with Crippen LogP contribution in [0, 0.1) is 6.92 Å². The quantitative estimate of drug-likeness (QED) is 0.743. The number of benzene rings is 1. The van der Waals surface area contributed by atoms with Gasteiger partial charge in [-0.15, -0.1) is 0 Å². The standard InChI is InChI=1S/C15H13N3O3/c1-10-7-14(21-17-10)18-9-16-15(20)12(18)8-13(19)11-5-3-2-4-6-11/h2-7,9,20H,8H2,1H3. The maximum absolute atomic E-state index is 12.3. The third-order valence-electron chi connectivity index (χ3n) is 3.12. The zero-order valence-corrected chi connectivity index (χ0v) is 11.4. The Kier molecular flexibility index (Phi) is 3.27. The molecule has 0 bridgehead atoms. The minimum Gasteiger partial charge on any atom is -0.492 e. The lowest BCUT2D eigenvalue weighted by Gasteiger charge is -2.04. The molecule has 1 N–H and O–H groups in total. The van der Waals surface area contributed by atoms with Crippen LogP contribution < -0.4 is 0 Å². The summed E-state index contributed by atoms with van der Waals surface area (Å²) in [6, 6.07) is 10.6. The lowest BCUT2D eigenvalue weighted by Crippen LogP contribution is -2.07. The lowest BCUT2D eigenvalue weighted by molar-refractivity contribution is 0.0990. The number of hydrogen-bond donors (Lipinski definition) is 1. The molecule has 0 aliphatic carbocycles. The number of carbonyl (C=O) groups is 1. The van der Waals surface area contributed by atoms with Crippen molar-refractivity contribution in [2.45, 2.75) is 13.3 Å². The molecule has 0 saturated heterocycles. The van der Waals surface area contributed by atoms with E-state index >= 15 is 0 Å². The number of nitrogens with zero attached hydrogens (tertiary/aromatic N) is 3. The van der Waals surface area contributed by atoms with Crippen molar-refractivity contribution in [3.05, 3.63) is 59.7 Å². The number of imidazole rings is 1. The highest BCUT2D eigenvalue weighted by molar-refractivity contribution is 5.97. The summed E-state index contributed by atoms with van der Waals surface area (Å²) in [7, 11) is 0. The number of rotatable bonds is 4. The van der Waals surface area contributed by atoms with E-state index in [-0.39, 0.29) is 18.1 Å². The molecule has 3 aromatic rings. The third-order valence-corrected chi connectivity index (χ3v) is 3.12. The number of aryl methyl sites for hydroxylation is 1. The van der Waals surface area contributed by atoms with Gasteiger partial charge in [0.15, 0.2) is 5.78 Å².